The minimum absolute atomic E-state index is 0.0960. The zero-order valence-corrected chi connectivity index (χ0v) is 14.5. The summed E-state index contributed by atoms with van der Waals surface area (Å²) in [5, 5.41) is 8.97. The minimum Gasteiger partial charge on any atom is -0.383 e. The fraction of sp³-hybridized carbons (Fsp3) is 0.316. The van der Waals surface area contributed by atoms with E-state index in [0.717, 1.165) is 11.1 Å². The molecule has 1 saturated carbocycles. The highest BCUT2D eigenvalue weighted by Gasteiger charge is 2.72. The number of ether oxygens (including phenoxy) is 1. The summed E-state index contributed by atoms with van der Waals surface area (Å²) in [6.45, 7) is 2.07. The van der Waals surface area contributed by atoms with Crippen LogP contribution in [0.15, 0.2) is 59.5 Å². The van der Waals surface area contributed by atoms with Crippen molar-refractivity contribution in [3.63, 3.8) is 0 Å². The van der Waals surface area contributed by atoms with Crippen LogP contribution in [0.1, 0.15) is 17.0 Å². The summed E-state index contributed by atoms with van der Waals surface area (Å²) in [7, 11) is -2.12. The third-order valence-electron chi connectivity index (χ3n) is 4.69. The number of hydrogen-bond acceptors (Lipinski definition) is 4. The van der Waals surface area contributed by atoms with E-state index in [-0.39, 0.29) is 17.4 Å². The monoisotopic (exact) mass is 341 g/mol. The summed E-state index contributed by atoms with van der Waals surface area (Å²) in [6, 6.07) is 18.2. The van der Waals surface area contributed by atoms with Gasteiger partial charge in [0.15, 0.2) is 9.84 Å². The quantitative estimate of drug-likeness (QED) is 0.838. The topological polar surface area (TPSA) is 67.2 Å². The molecule has 4 nitrogen and oxygen atoms in total. The second-order valence-electron chi connectivity index (χ2n) is 6.25. The van der Waals surface area contributed by atoms with Gasteiger partial charge in [0, 0.05) is 13.0 Å². The Labute approximate surface area is 142 Å². The van der Waals surface area contributed by atoms with Gasteiger partial charge in [-0.1, -0.05) is 48.0 Å². The molecule has 24 heavy (non-hydrogen) atoms. The molecule has 3 atom stereocenters. The van der Waals surface area contributed by atoms with Gasteiger partial charge < -0.3 is 4.74 Å². The van der Waals surface area contributed by atoms with E-state index in [1.165, 1.54) is 7.11 Å². The molecule has 124 valence electrons. The third-order valence-corrected chi connectivity index (χ3v) is 6.98. The Kier molecular flexibility index (Phi) is 4.20. The number of methoxy groups -OCH3 is 1. The Balaban J connectivity index is 2.08. The van der Waals surface area contributed by atoms with Crippen molar-refractivity contribution in [2.24, 2.45) is 5.41 Å². The third kappa shape index (κ3) is 2.52. The van der Waals surface area contributed by atoms with Gasteiger partial charge in [-0.2, -0.15) is 5.26 Å². The summed E-state index contributed by atoms with van der Waals surface area (Å²) in [4.78, 5) is 0.250. The van der Waals surface area contributed by atoms with Crippen LogP contribution in [-0.4, -0.2) is 27.4 Å². The van der Waals surface area contributed by atoms with Gasteiger partial charge in [0.05, 0.1) is 22.8 Å². The molecule has 5 heteroatoms. The van der Waals surface area contributed by atoms with Crippen LogP contribution < -0.4 is 0 Å². The number of benzene rings is 2. The fourth-order valence-corrected chi connectivity index (χ4v) is 5.77. The second kappa shape index (κ2) is 6.04. The van der Waals surface area contributed by atoms with Crippen LogP contribution in [0.2, 0.25) is 0 Å². The van der Waals surface area contributed by atoms with Crippen molar-refractivity contribution in [3.05, 3.63) is 65.7 Å². The highest BCUT2D eigenvalue weighted by molar-refractivity contribution is 7.92. The fourth-order valence-electron chi connectivity index (χ4n) is 3.44. The Morgan fingerprint density at radius 3 is 2.29 bits per heavy atom. The highest BCUT2D eigenvalue weighted by Crippen LogP contribution is 2.63. The molecule has 2 aromatic carbocycles. The van der Waals surface area contributed by atoms with Crippen LogP contribution >= 0.6 is 0 Å². The highest BCUT2D eigenvalue weighted by atomic mass is 32.2. The maximum absolute atomic E-state index is 13.1. The van der Waals surface area contributed by atoms with E-state index in [4.69, 9.17) is 4.74 Å². The van der Waals surface area contributed by atoms with Crippen molar-refractivity contribution in [3.8, 4) is 6.07 Å². The van der Waals surface area contributed by atoms with Crippen molar-refractivity contribution in [1.82, 2.24) is 0 Å². The number of nitrogens with zero attached hydrogens (tertiary/aromatic N) is 1. The Hall–Kier alpha value is -2.16. The molecular formula is C19H19NO3S. The number of rotatable bonds is 5. The molecule has 0 aromatic heterocycles. The van der Waals surface area contributed by atoms with E-state index < -0.39 is 20.5 Å². The molecule has 1 aliphatic carbocycles. The van der Waals surface area contributed by atoms with Crippen LogP contribution in [0.4, 0.5) is 0 Å². The van der Waals surface area contributed by atoms with E-state index >= 15 is 0 Å². The molecular weight excluding hydrogens is 322 g/mol. The molecule has 0 radical (unpaired) electrons. The van der Waals surface area contributed by atoms with E-state index in [2.05, 4.69) is 6.07 Å². The maximum atomic E-state index is 13.1. The molecule has 0 heterocycles. The van der Waals surface area contributed by atoms with Gasteiger partial charge in [-0.25, -0.2) is 8.42 Å². The predicted octanol–water partition coefficient (Wildman–Crippen LogP) is 3.09. The van der Waals surface area contributed by atoms with Gasteiger partial charge in [-0.15, -0.1) is 0 Å². The number of nitriles is 1. The SMILES string of the molecule is COC[C@]1(C#N)[C@H](c2ccc(C)cc2)[C@H]1S(=O)(=O)c1ccccc1. The van der Waals surface area contributed by atoms with E-state index in [1.807, 2.05) is 31.2 Å². The van der Waals surface area contributed by atoms with Crippen molar-refractivity contribution in [2.75, 3.05) is 13.7 Å². The summed E-state index contributed by atoms with van der Waals surface area (Å²) in [6.07, 6.45) is 0. The van der Waals surface area contributed by atoms with Gasteiger partial charge >= 0.3 is 0 Å². The van der Waals surface area contributed by atoms with Gasteiger partial charge in [-0.05, 0) is 24.6 Å². The molecule has 2 aromatic rings. The normalized spacial score (nSPS) is 25.9. The Bertz CT molecular complexity index is 869. The molecule has 0 spiro atoms. The van der Waals surface area contributed by atoms with Crippen LogP contribution in [0.5, 0.6) is 0 Å². The standard InChI is InChI=1S/C19H19NO3S/c1-14-8-10-15(11-9-14)17-18(19(17,12-20)13-23-2)24(21,22)16-6-4-3-5-7-16/h3-11,17-18H,13H2,1-2H3/t17-,18-,19-/m1/s1. The molecule has 0 amide bonds. The number of sulfone groups is 1. The Morgan fingerprint density at radius 1 is 1.12 bits per heavy atom. The average Bonchev–Trinajstić information content (AvgIpc) is 3.26. The predicted molar refractivity (Wildman–Crippen MR) is 91.3 cm³/mol. The van der Waals surface area contributed by atoms with Crippen molar-refractivity contribution in [1.29, 1.82) is 5.26 Å². The van der Waals surface area contributed by atoms with Crippen LogP contribution in [0.3, 0.4) is 0 Å². The number of hydrogen-bond donors (Lipinski definition) is 0. The molecule has 1 fully saturated rings. The Morgan fingerprint density at radius 2 is 1.75 bits per heavy atom. The molecule has 0 unspecified atom stereocenters. The number of aryl methyl sites for hydroxylation is 1. The first kappa shape index (κ1) is 16.7. The van der Waals surface area contributed by atoms with Gasteiger partial charge in [0.1, 0.15) is 5.41 Å². The smallest absolute Gasteiger partial charge is 0.183 e. The summed E-state index contributed by atoms with van der Waals surface area (Å²) < 4.78 is 31.4. The summed E-state index contributed by atoms with van der Waals surface area (Å²) in [5.74, 6) is -0.381. The van der Waals surface area contributed by atoms with Gasteiger partial charge in [-0.3, -0.25) is 0 Å². The largest absolute Gasteiger partial charge is 0.383 e. The van der Waals surface area contributed by atoms with E-state index in [0.29, 0.717) is 0 Å². The lowest BCUT2D eigenvalue weighted by molar-refractivity contribution is 0.162. The lowest BCUT2D eigenvalue weighted by Gasteiger charge is -2.08. The first-order chi connectivity index (χ1) is 11.5. The lowest BCUT2D eigenvalue weighted by atomic mass is 10.0. The van der Waals surface area contributed by atoms with Crippen LogP contribution in [0.25, 0.3) is 0 Å². The first-order valence-electron chi connectivity index (χ1n) is 7.73. The minimum atomic E-state index is -3.62. The average molecular weight is 341 g/mol. The van der Waals surface area contributed by atoms with E-state index in [1.54, 1.807) is 30.3 Å². The zero-order valence-electron chi connectivity index (χ0n) is 13.6. The van der Waals surface area contributed by atoms with E-state index in [9.17, 15) is 13.7 Å². The first-order valence-corrected chi connectivity index (χ1v) is 9.27. The lowest BCUT2D eigenvalue weighted by Crippen LogP contribution is -2.19. The molecule has 3 rings (SSSR count). The maximum Gasteiger partial charge on any atom is 0.183 e. The molecule has 0 N–H and O–H groups in total. The van der Waals surface area contributed by atoms with Crippen LogP contribution in [-0.2, 0) is 14.6 Å². The molecule has 0 bridgehead atoms. The zero-order chi connectivity index (χ0) is 17.4. The molecule has 1 aliphatic rings. The molecule has 0 aliphatic heterocycles. The molecule has 0 saturated heterocycles. The van der Waals surface area contributed by atoms with Gasteiger partial charge in [0.25, 0.3) is 0 Å². The second-order valence-corrected chi connectivity index (χ2v) is 8.32. The summed E-state index contributed by atoms with van der Waals surface area (Å²) >= 11 is 0. The summed E-state index contributed by atoms with van der Waals surface area (Å²) in [5.41, 5.74) is 0.915. The van der Waals surface area contributed by atoms with Crippen LogP contribution in [0, 0.1) is 23.7 Å². The van der Waals surface area contributed by atoms with Crippen molar-refractivity contribution in [2.45, 2.75) is 23.0 Å². The van der Waals surface area contributed by atoms with Crippen molar-refractivity contribution < 1.29 is 13.2 Å². The van der Waals surface area contributed by atoms with Crippen molar-refractivity contribution >= 4 is 9.84 Å². The van der Waals surface area contributed by atoms with Gasteiger partial charge in [0.2, 0.25) is 0 Å².